The molecule has 1 fully saturated rings. The number of nitrogens with one attached hydrogen (secondary N) is 1. The van der Waals surface area contributed by atoms with E-state index in [0.717, 1.165) is 18.7 Å². The maximum absolute atomic E-state index is 13.4. The SMILES string of the molecule is Fc1cc(Nc2cc(Cl)nc(C3CC3)n2)ccc1Br. The molecule has 0 radical (unpaired) electrons. The number of rotatable bonds is 3. The van der Waals surface area contributed by atoms with Crippen molar-refractivity contribution in [1.82, 2.24) is 9.97 Å². The molecule has 6 heteroatoms. The minimum Gasteiger partial charge on any atom is -0.340 e. The molecule has 0 saturated heterocycles. The van der Waals surface area contributed by atoms with Crippen LogP contribution in [-0.2, 0) is 0 Å². The highest BCUT2D eigenvalue weighted by atomic mass is 79.9. The first-order valence-corrected chi connectivity index (χ1v) is 7.05. The second-order valence-corrected chi connectivity index (χ2v) is 5.70. The van der Waals surface area contributed by atoms with Gasteiger partial charge in [-0.2, -0.15) is 0 Å². The molecule has 98 valence electrons. The Bertz CT molecular complexity index is 631. The van der Waals surface area contributed by atoms with Gasteiger partial charge in [0.2, 0.25) is 0 Å². The Balaban J connectivity index is 1.87. The van der Waals surface area contributed by atoms with Gasteiger partial charge in [0.25, 0.3) is 0 Å². The number of nitrogens with zero attached hydrogens (tertiary/aromatic N) is 2. The third-order valence-electron chi connectivity index (χ3n) is 2.85. The van der Waals surface area contributed by atoms with Crippen LogP contribution in [0, 0.1) is 5.82 Å². The van der Waals surface area contributed by atoms with Gasteiger partial charge in [0, 0.05) is 17.7 Å². The van der Waals surface area contributed by atoms with Crippen molar-refractivity contribution in [1.29, 1.82) is 0 Å². The maximum atomic E-state index is 13.4. The molecule has 19 heavy (non-hydrogen) atoms. The molecule has 3 nitrogen and oxygen atoms in total. The number of anilines is 2. The fourth-order valence-electron chi connectivity index (χ4n) is 1.75. The van der Waals surface area contributed by atoms with Gasteiger partial charge in [-0.25, -0.2) is 14.4 Å². The number of hydrogen-bond acceptors (Lipinski definition) is 3. The molecule has 2 aromatic rings. The molecular formula is C13H10BrClFN3. The third-order valence-corrected chi connectivity index (χ3v) is 3.68. The molecule has 0 spiro atoms. The van der Waals surface area contributed by atoms with Gasteiger partial charge in [-0.15, -0.1) is 0 Å². The smallest absolute Gasteiger partial charge is 0.139 e. The molecule has 1 aliphatic rings. The molecule has 3 rings (SSSR count). The van der Waals surface area contributed by atoms with E-state index in [4.69, 9.17) is 11.6 Å². The molecule has 1 aromatic carbocycles. The van der Waals surface area contributed by atoms with Crippen molar-refractivity contribution >= 4 is 39.0 Å². The fourth-order valence-corrected chi connectivity index (χ4v) is 2.18. The van der Waals surface area contributed by atoms with Crippen molar-refractivity contribution in [2.75, 3.05) is 5.32 Å². The van der Waals surface area contributed by atoms with E-state index in [9.17, 15) is 4.39 Å². The first-order valence-electron chi connectivity index (χ1n) is 5.88. The molecule has 0 aliphatic heterocycles. The topological polar surface area (TPSA) is 37.8 Å². The van der Waals surface area contributed by atoms with Crippen LogP contribution in [0.2, 0.25) is 5.15 Å². The van der Waals surface area contributed by atoms with Crippen LogP contribution in [0.1, 0.15) is 24.6 Å². The van der Waals surface area contributed by atoms with Gasteiger partial charge in [0.1, 0.15) is 22.6 Å². The zero-order chi connectivity index (χ0) is 13.4. The third kappa shape index (κ3) is 3.04. The van der Waals surface area contributed by atoms with Crippen LogP contribution in [0.25, 0.3) is 0 Å². The Hall–Kier alpha value is -1.20. The van der Waals surface area contributed by atoms with Crippen LogP contribution < -0.4 is 5.32 Å². The van der Waals surface area contributed by atoms with E-state index in [1.165, 1.54) is 6.07 Å². The van der Waals surface area contributed by atoms with Crippen molar-refractivity contribution in [3.05, 3.63) is 45.5 Å². The summed E-state index contributed by atoms with van der Waals surface area (Å²) in [5.74, 6) is 1.43. The Morgan fingerprint density at radius 3 is 2.74 bits per heavy atom. The van der Waals surface area contributed by atoms with E-state index in [2.05, 4.69) is 31.2 Å². The Labute approximate surface area is 123 Å². The molecular weight excluding hydrogens is 333 g/mol. The summed E-state index contributed by atoms with van der Waals surface area (Å²) < 4.78 is 13.9. The predicted molar refractivity (Wildman–Crippen MR) is 76.4 cm³/mol. The van der Waals surface area contributed by atoms with Crippen LogP contribution in [0.5, 0.6) is 0 Å². The number of benzene rings is 1. The summed E-state index contributed by atoms with van der Waals surface area (Å²) in [5.41, 5.74) is 0.622. The quantitative estimate of drug-likeness (QED) is 0.825. The fraction of sp³-hybridized carbons (Fsp3) is 0.231. The molecule has 0 atom stereocenters. The maximum Gasteiger partial charge on any atom is 0.139 e. The van der Waals surface area contributed by atoms with Crippen molar-refractivity contribution in [2.24, 2.45) is 0 Å². The van der Waals surface area contributed by atoms with Gasteiger partial charge in [0.15, 0.2) is 0 Å². The Kier molecular flexibility index (Phi) is 3.41. The lowest BCUT2D eigenvalue weighted by atomic mass is 10.3. The summed E-state index contributed by atoms with van der Waals surface area (Å²) >= 11 is 9.09. The van der Waals surface area contributed by atoms with Crippen molar-refractivity contribution < 1.29 is 4.39 Å². The predicted octanol–water partition coefficient (Wildman–Crippen LogP) is 4.65. The second kappa shape index (κ2) is 5.06. The average molecular weight is 343 g/mol. The van der Waals surface area contributed by atoms with E-state index < -0.39 is 0 Å². The average Bonchev–Trinajstić information content (AvgIpc) is 3.17. The lowest BCUT2D eigenvalue weighted by molar-refractivity contribution is 0.622. The molecule has 1 heterocycles. The van der Waals surface area contributed by atoms with Gasteiger partial charge in [-0.1, -0.05) is 11.6 Å². The summed E-state index contributed by atoms with van der Waals surface area (Å²) in [6.45, 7) is 0. The van der Waals surface area contributed by atoms with Gasteiger partial charge in [0.05, 0.1) is 4.47 Å². The summed E-state index contributed by atoms with van der Waals surface area (Å²) in [6, 6.07) is 6.44. The highest BCUT2D eigenvalue weighted by Crippen LogP contribution is 2.39. The highest BCUT2D eigenvalue weighted by Gasteiger charge is 2.27. The van der Waals surface area contributed by atoms with Crippen molar-refractivity contribution in [3.8, 4) is 0 Å². The monoisotopic (exact) mass is 341 g/mol. The lowest BCUT2D eigenvalue weighted by Gasteiger charge is -2.08. The number of hydrogen-bond donors (Lipinski definition) is 1. The summed E-state index contributed by atoms with van der Waals surface area (Å²) in [6.07, 6.45) is 2.21. The van der Waals surface area contributed by atoms with E-state index in [-0.39, 0.29) is 5.82 Å². The Morgan fingerprint density at radius 1 is 1.26 bits per heavy atom. The van der Waals surface area contributed by atoms with Crippen LogP contribution in [0.3, 0.4) is 0 Å². The largest absolute Gasteiger partial charge is 0.340 e. The zero-order valence-corrected chi connectivity index (χ0v) is 12.2. The van der Waals surface area contributed by atoms with E-state index >= 15 is 0 Å². The number of halogens is 3. The van der Waals surface area contributed by atoms with Crippen LogP contribution in [0.4, 0.5) is 15.9 Å². The van der Waals surface area contributed by atoms with Gasteiger partial charge >= 0.3 is 0 Å². The van der Waals surface area contributed by atoms with Crippen LogP contribution in [0.15, 0.2) is 28.7 Å². The van der Waals surface area contributed by atoms with Crippen molar-refractivity contribution in [3.63, 3.8) is 0 Å². The molecule has 0 unspecified atom stereocenters. The van der Waals surface area contributed by atoms with Gasteiger partial charge < -0.3 is 5.32 Å². The molecule has 1 N–H and O–H groups in total. The van der Waals surface area contributed by atoms with E-state index in [1.807, 2.05) is 0 Å². The second-order valence-electron chi connectivity index (χ2n) is 4.46. The summed E-state index contributed by atoms with van der Waals surface area (Å²) in [5, 5.41) is 3.44. The Morgan fingerprint density at radius 2 is 2.05 bits per heavy atom. The van der Waals surface area contributed by atoms with Gasteiger partial charge in [-0.05, 0) is 47.0 Å². The normalized spacial score (nSPS) is 14.5. The summed E-state index contributed by atoms with van der Waals surface area (Å²) in [7, 11) is 0. The van der Waals surface area contributed by atoms with Crippen LogP contribution in [-0.4, -0.2) is 9.97 Å². The zero-order valence-electron chi connectivity index (χ0n) is 9.83. The summed E-state index contributed by atoms with van der Waals surface area (Å²) in [4.78, 5) is 8.60. The highest BCUT2D eigenvalue weighted by molar-refractivity contribution is 9.10. The first-order chi connectivity index (χ1) is 9.11. The molecule has 1 aromatic heterocycles. The minimum absolute atomic E-state index is 0.326. The number of aromatic nitrogens is 2. The molecule has 1 saturated carbocycles. The molecule has 0 amide bonds. The molecule has 1 aliphatic carbocycles. The first kappa shape index (κ1) is 12.8. The van der Waals surface area contributed by atoms with Crippen LogP contribution >= 0.6 is 27.5 Å². The standard InChI is InChI=1S/C13H10BrClFN3/c14-9-4-3-8(5-10(9)16)17-12-6-11(15)18-13(19-12)7-1-2-7/h3-7H,1-2H2,(H,17,18,19). The lowest BCUT2D eigenvalue weighted by Crippen LogP contribution is -1.99. The molecule has 0 bridgehead atoms. The van der Waals surface area contributed by atoms with Crippen molar-refractivity contribution in [2.45, 2.75) is 18.8 Å². The van der Waals surface area contributed by atoms with Gasteiger partial charge in [-0.3, -0.25) is 0 Å². The van der Waals surface area contributed by atoms with E-state index in [1.54, 1.807) is 18.2 Å². The minimum atomic E-state index is -0.326. The van der Waals surface area contributed by atoms with E-state index in [0.29, 0.717) is 27.0 Å².